The molecule has 0 rings (SSSR count). The van der Waals surface area contributed by atoms with Crippen LogP contribution >= 0.6 is 0 Å². The lowest BCUT2D eigenvalue weighted by Crippen LogP contribution is -2.13. The molecule has 0 aliphatic rings. The lowest BCUT2D eigenvalue weighted by Gasteiger charge is -2.04. The zero-order chi connectivity index (χ0) is 8.20. The van der Waals surface area contributed by atoms with Crippen molar-refractivity contribution in [1.29, 1.82) is 0 Å². The Morgan fingerprint density at radius 1 is 1.50 bits per heavy atom. The lowest BCUT2D eigenvalue weighted by molar-refractivity contribution is 0.267. The fraction of sp³-hybridized carbons (Fsp3) is 1.00. The van der Waals surface area contributed by atoms with Crippen LogP contribution in [0.25, 0.3) is 0 Å². The van der Waals surface area contributed by atoms with Crippen molar-refractivity contribution in [1.82, 2.24) is 0 Å². The van der Waals surface area contributed by atoms with Gasteiger partial charge >= 0.3 is 0 Å². The van der Waals surface area contributed by atoms with Gasteiger partial charge in [-0.15, -0.1) is 0 Å². The van der Waals surface area contributed by atoms with Gasteiger partial charge in [-0.05, 0) is 12.3 Å². The first-order valence-corrected chi connectivity index (χ1v) is 4.62. The minimum Gasteiger partial charge on any atom is -0.396 e. The molecule has 2 N–H and O–H groups in total. The third-order valence-electron chi connectivity index (χ3n) is 1.12. The maximum Gasteiger partial charge on any atom is 0.265 e. The van der Waals surface area contributed by atoms with E-state index in [2.05, 4.69) is 0 Å². The molecule has 10 heavy (non-hydrogen) atoms. The zero-order valence-electron chi connectivity index (χ0n) is 5.82. The Labute approximate surface area is 60.6 Å². The van der Waals surface area contributed by atoms with Crippen molar-refractivity contribution in [2.24, 2.45) is 5.92 Å². The molecule has 0 bridgehead atoms. The van der Waals surface area contributed by atoms with E-state index in [1.165, 1.54) is 0 Å². The molecule has 0 aromatic heterocycles. The van der Waals surface area contributed by atoms with Crippen LogP contribution in [0, 0.1) is 5.92 Å². The molecule has 1 atom stereocenters. The van der Waals surface area contributed by atoms with Gasteiger partial charge in [-0.2, -0.15) is 8.42 Å². The van der Waals surface area contributed by atoms with E-state index < -0.39 is 10.1 Å². The molecular weight excluding hydrogens is 156 g/mol. The summed E-state index contributed by atoms with van der Waals surface area (Å²) in [4.78, 5) is 0. The molecule has 62 valence electrons. The molecule has 0 aromatic carbocycles. The highest BCUT2D eigenvalue weighted by Crippen LogP contribution is 2.03. The molecule has 0 fully saturated rings. The molecule has 4 nitrogen and oxygen atoms in total. The molecule has 0 saturated carbocycles. The Hall–Kier alpha value is -0.130. The van der Waals surface area contributed by atoms with Gasteiger partial charge in [-0.3, -0.25) is 4.55 Å². The van der Waals surface area contributed by atoms with E-state index in [1.54, 1.807) is 6.92 Å². The minimum absolute atomic E-state index is 0.0450. The summed E-state index contributed by atoms with van der Waals surface area (Å²) in [5.41, 5.74) is 0. The molecule has 0 spiro atoms. The van der Waals surface area contributed by atoms with E-state index in [-0.39, 0.29) is 18.3 Å². The smallest absolute Gasteiger partial charge is 0.265 e. The van der Waals surface area contributed by atoms with Gasteiger partial charge in [0, 0.05) is 6.61 Å². The molecule has 1 unspecified atom stereocenters. The Kier molecular flexibility index (Phi) is 3.85. The van der Waals surface area contributed by atoms with Gasteiger partial charge in [0.15, 0.2) is 0 Å². The van der Waals surface area contributed by atoms with Gasteiger partial charge in [0.1, 0.15) is 0 Å². The second-order valence-corrected chi connectivity index (χ2v) is 3.86. The quantitative estimate of drug-likeness (QED) is 0.574. The van der Waals surface area contributed by atoms with Gasteiger partial charge in [0.05, 0.1) is 5.75 Å². The summed E-state index contributed by atoms with van der Waals surface area (Å²) in [7, 11) is -3.86. The van der Waals surface area contributed by atoms with Crippen LogP contribution in [0.4, 0.5) is 0 Å². The molecule has 0 aliphatic heterocycles. The summed E-state index contributed by atoms with van der Waals surface area (Å²) < 4.78 is 28.7. The monoisotopic (exact) mass is 168 g/mol. The second-order valence-electron chi connectivity index (χ2n) is 2.37. The number of hydrogen-bond acceptors (Lipinski definition) is 3. The SMILES string of the molecule is CC(CCO)CS(=O)(=O)O. The van der Waals surface area contributed by atoms with Crippen LogP contribution in [-0.4, -0.2) is 30.4 Å². The predicted octanol–water partition coefficient (Wildman–Crippen LogP) is -0.107. The molecule has 0 saturated heterocycles. The Balaban J connectivity index is 3.69. The average molecular weight is 168 g/mol. The van der Waals surface area contributed by atoms with Crippen LogP contribution in [0.3, 0.4) is 0 Å². The number of aliphatic hydroxyl groups is 1. The van der Waals surface area contributed by atoms with Crippen LogP contribution in [0.5, 0.6) is 0 Å². The molecule has 0 aliphatic carbocycles. The van der Waals surface area contributed by atoms with Crippen LogP contribution in [0.2, 0.25) is 0 Å². The summed E-state index contributed by atoms with van der Waals surface area (Å²) in [6, 6.07) is 0. The number of aliphatic hydroxyl groups excluding tert-OH is 1. The Morgan fingerprint density at radius 3 is 2.30 bits per heavy atom. The van der Waals surface area contributed by atoms with Crippen molar-refractivity contribution in [3.63, 3.8) is 0 Å². The van der Waals surface area contributed by atoms with Crippen molar-refractivity contribution in [3.05, 3.63) is 0 Å². The Morgan fingerprint density at radius 2 is 2.00 bits per heavy atom. The van der Waals surface area contributed by atoms with Crippen LogP contribution in [0.1, 0.15) is 13.3 Å². The molecule has 5 heteroatoms. The first kappa shape index (κ1) is 9.87. The van der Waals surface area contributed by atoms with E-state index in [4.69, 9.17) is 9.66 Å². The third kappa shape index (κ3) is 6.00. The molecule has 0 aromatic rings. The highest BCUT2D eigenvalue weighted by molar-refractivity contribution is 7.85. The second kappa shape index (κ2) is 3.90. The van der Waals surface area contributed by atoms with E-state index in [1.807, 2.05) is 0 Å². The van der Waals surface area contributed by atoms with Crippen molar-refractivity contribution in [2.75, 3.05) is 12.4 Å². The standard InChI is InChI=1S/C5H12O4S/c1-5(2-3-6)4-10(7,8)9/h5-6H,2-4H2,1H3,(H,7,8,9). The van der Waals surface area contributed by atoms with Crippen LogP contribution in [-0.2, 0) is 10.1 Å². The summed E-state index contributed by atoms with van der Waals surface area (Å²) >= 11 is 0. The van der Waals surface area contributed by atoms with Gasteiger partial charge in [0.25, 0.3) is 10.1 Å². The van der Waals surface area contributed by atoms with Gasteiger partial charge < -0.3 is 5.11 Å². The zero-order valence-corrected chi connectivity index (χ0v) is 6.63. The number of hydrogen-bond donors (Lipinski definition) is 2. The maximum atomic E-state index is 10.2. The average Bonchev–Trinajstić information content (AvgIpc) is 1.59. The fourth-order valence-corrected chi connectivity index (χ4v) is 1.55. The highest BCUT2D eigenvalue weighted by Gasteiger charge is 2.10. The first-order valence-electron chi connectivity index (χ1n) is 3.01. The van der Waals surface area contributed by atoms with Crippen LogP contribution < -0.4 is 0 Å². The lowest BCUT2D eigenvalue weighted by atomic mass is 10.1. The summed E-state index contributed by atoms with van der Waals surface area (Å²) in [6.07, 6.45) is 0.403. The summed E-state index contributed by atoms with van der Waals surface area (Å²) in [5, 5.41) is 8.36. The van der Waals surface area contributed by atoms with Crippen molar-refractivity contribution in [2.45, 2.75) is 13.3 Å². The van der Waals surface area contributed by atoms with E-state index >= 15 is 0 Å². The summed E-state index contributed by atoms with van der Waals surface area (Å²) in [6.45, 7) is 1.61. The molecule has 0 radical (unpaired) electrons. The maximum absolute atomic E-state index is 10.2. The van der Waals surface area contributed by atoms with Gasteiger partial charge in [0.2, 0.25) is 0 Å². The normalized spacial score (nSPS) is 15.1. The first-order chi connectivity index (χ1) is 4.45. The molecule has 0 amide bonds. The van der Waals surface area contributed by atoms with Crippen LogP contribution in [0.15, 0.2) is 0 Å². The fourth-order valence-electron chi connectivity index (χ4n) is 0.663. The largest absolute Gasteiger partial charge is 0.396 e. The van der Waals surface area contributed by atoms with E-state index in [0.29, 0.717) is 6.42 Å². The predicted molar refractivity (Wildman–Crippen MR) is 37.3 cm³/mol. The van der Waals surface area contributed by atoms with Crippen molar-refractivity contribution in [3.8, 4) is 0 Å². The van der Waals surface area contributed by atoms with E-state index in [9.17, 15) is 8.42 Å². The highest BCUT2D eigenvalue weighted by atomic mass is 32.2. The topological polar surface area (TPSA) is 74.6 Å². The Bertz CT molecular complexity index is 172. The van der Waals surface area contributed by atoms with Crippen molar-refractivity contribution < 1.29 is 18.1 Å². The molecular formula is C5H12O4S. The van der Waals surface area contributed by atoms with E-state index in [0.717, 1.165) is 0 Å². The van der Waals surface area contributed by atoms with Gasteiger partial charge in [-0.25, -0.2) is 0 Å². The third-order valence-corrected chi connectivity index (χ3v) is 2.11. The number of rotatable bonds is 4. The summed E-state index contributed by atoms with van der Waals surface area (Å²) in [5.74, 6) is -0.451. The van der Waals surface area contributed by atoms with Crippen molar-refractivity contribution >= 4 is 10.1 Å². The minimum atomic E-state index is -3.86. The molecule has 0 heterocycles. The van der Waals surface area contributed by atoms with Gasteiger partial charge in [-0.1, -0.05) is 6.92 Å².